The fraction of sp³-hybridized carbons (Fsp3) is 0.0250. The van der Waals surface area contributed by atoms with Gasteiger partial charge in [0.25, 0.3) is 0 Å². The third kappa shape index (κ3) is 4.20. The van der Waals surface area contributed by atoms with Gasteiger partial charge in [-0.2, -0.15) is 0 Å². The van der Waals surface area contributed by atoms with Gasteiger partial charge in [0.2, 0.25) is 0 Å². The maximum absolute atomic E-state index is 6.38. The van der Waals surface area contributed by atoms with Gasteiger partial charge in [-0.3, -0.25) is 4.98 Å². The summed E-state index contributed by atoms with van der Waals surface area (Å²) < 4.78 is 12.5. The predicted octanol–water partition coefficient (Wildman–Crippen LogP) is 10.6. The van der Waals surface area contributed by atoms with Crippen molar-refractivity contribution < 1.29 is 8.83 Å². The number of hydrogen-bond donors (Lipinski definition) is 1. The Hall–Kier alpha value is -6.07. The maximum Gasteiger partial charge on any atom is 0.153 e. The van der Waals surface area contributed by atoms with Crippen LogP contribution in [0.2, 0.25) is 0 Å². The molecule has 8 aromatic rings. The number of pyridine rings is 1. The zero-order valence-corrected chi connectivity index (χ0v) is 24.3. The van der Waals surface area contributed by atoms with E-state index in [1.165, 1.54) is 11.1 Å². The molecule has 0 saturated carbocycles. The van der Waals surface area contributed by atoms with E-state index >= 15 is 0 Å². The number of nitrogens with zero attached hydrogens (tertiary/aromatic N) is 2. The van der Waals surface area contributed by atoms with E-state index in [1.54, 1.807) is 6.20 Å². The smallest absolute Gasteiger partial charge is 0.153 e. The molecule has 0 amide bonds. The molecule has 45 heavy (non-hydrogen) atoms. The molecule has 4 heterocycles. The zero-order chi connectivity index (χ0) is 29.7. The van der Waals surface area contributed by atoms with Gasteiger partial charge in [0.05, 0.1) is 29.5 Å². The van der Waals surface area contributed by atoms with Crippen LogP contribution in [0.15, 0.2) is 149 Å². The highest BCUT2D eigenvalue weighted by Gasteiger charge is 2.24. The van der Waals surface area contributed by atoms with Crippen LogP contribution < -0.4 is 10.2 Å². The Morgan fingerprint density at radius 1 is 0.622 bits per heavy atom. The zero-order valence-electron chi connectivity index (χ0n) is 24.3. The van der Waals surface area contributed by atoms with Crippen LogP contribution in [0.3, 0.4) is 0 Å². The van der Waals surface area contributed by atoms with E-state index in [0.29, 0.717) is 6.54 Å². The fourth-order valence-corrected chi connectivity index (χ4v) is 6.54. The number of para-hydroxylation sites is 1. The van der Waals surface area contributed by atoms with Crippen molar-refractivity contribution in [3.05, 3.63) is 151 Å². The minimum Gasteiger partial charge on any atom is -0.458 e. The molecule has 214 valence electrons. The molecule has 0 saturated heterocycles. The molecule has 0 bridgehead atoms. The quantitative estimate of drug-likeness (QED) is 0.219. The molecular weight excluding hydrogens is 554 g/mol. The van der Waals surface area contributed by atoms with Gasteiger partial charge in [-0.05, 0) is 71.4 Å². The maximum atomic E-state index is 6.38. The number of nitrogens with one attached hydrogen (secondary N) is 1. The first-order chi connectivity index (χ1) is 22.3. The summed E-state index contributed by atoms with van der Waals surface area (Å²) in [7, 11) is 0. The van der Waals surface area contributed by atoms with Crippen molar-refractivity contribution >= 4 is 56.0 Å². The van der Waals surface area contributed by atoms with Gasteiger partial charge in [0.1, 0.15) is 16.9 Å². The largest absolute Gasteiger partial charge is 0.458 e. The first-order valence-electron chi connectivity index (χ1n) is 15.1. The fourth-order valence-electron chi connectivity index (χ4n) is 6.54. The molecule has 0 fully saturated rings. The summed E-state index contributed by atoms with van der Waals surface area (Å²) in [5.74, 6) is 0.938. The lowest BCUT2D eigenvalue weighted by Gasteiger charge is -2.29. The van der Waals surface area contributed by atoms with Crippen molar-refractivity contribution in [2.24, 2.45) is 0 Å². The molecular formula is C40H27N3O2. The molecule has 0 atom stereocenters. The Morgan fingerprint density at radius 2 is 1.42 bits per heavy atom. The van der Waals surface area contributed by atoms with E-state index in [4.69, 9.17) is 8.83 Å². The van der Waals surface area contributed by atoms with Crippen molar-refractivity contribution in [1.29, 1.82) is 0 Å². The van der Waals surface area contributed by atoms with Gasteiger partial charge >= 0.3 is 0 Å². The first-order valence-corrected chi connectivity index (χ1v) is 15.1. The van der Waals surface area contributed by atoms with E-state index in [9.17, 15) is 0 Å². The van der Waals surface area contributed by atoms with Crippen molar-refractivity contribution in [2.45, 2.75) is 6.54 Å². The first kappa shape index (κ1) is 25.4. The molecule has 1 N–H and O–H groups in total. The van der Waals surface area contributed by atoms with Crippen molar-refractivity contribution in [2.75, 3.05) is 4.90 Å². The Balaban J connectivity index is 1.28. The highest BCUT2D eigenvalue weighted by Crippen LogP contribution is 2.47. The van der Waals surface area contributed by atoms with Crippen LogP contribution in [-0.2, 0) is 6.54 Å². The molecule has 1 aliphatic heterocycles. The van der Waals surface area contributed by atoms with Gasteiger partial charge in [-0.15, -0.1) is 0 Å². The monoisotopic (exact) mass is 581 g/mol. The summed E-state index contributed by atoms with van der Waals surface area (Å²) >= 11 is 0. The summed E-state index contributed by atoms with van der Waals surface area (Å²) in [6, 6.07) is 42.7. The molecule has 5 aromatic carbocycles. The number of furan rings is 2. The van der Waals surface area contributed by atoms with Gasteiger partial charge in [0.15, 0.2) is 5.58 Å². The van der Waals surface area contributed by atoms with Crippen LogP contribution in [0.25, 0.3) is 61.2 Å². The van der Waals surface area contributed by atoms with Crippen LogP contribution in [0.5, 0.6) is 0 Å². The highest BCUT2D eigenvalue weighted by atomic mass is 16.3. The minimum atomic E-state index is 0.658. The molecule has 1 aliphatic rings. The third-order valence-corrected chi connectivity index (χ3v) is 8.64. The Morgan fingerprint density at radius 3 is 2.33 bits per heavy atom. The Kier molecular flexibility index (Phi) is 5.81. The Labute approximate surface area is 259 Å². The van der Waals surface area contributed by atoms with Gasteiger partial charge in [-0.25, -0.2) is 0 Å². The predicted molar refractivity (Wildman–Crippen MR) is 183 cm³/mol. The molecule has 0 aliphatic carbocycles. The topological polar surface area (TPSA) is 54.4 Å². The molecule has 0 radical (unpaired) electrons. The number of hydrogen-bond acceptors (Lipinski definition) is 5. The number of aromatic nitrogens is 1. The average Bonchev–Trinajstić information content (AvgIpc) is 3.68. The standard InChI is InChI=1S/C40H27N3O2/c1-2-7-26(8-3-1)27-13-15-28(16-14-27)30-9-4-5-10-34(30)43(29-17-18-36-33(23-29)31-19-21-41-24-38(31)44-36)35-11-6-12-37-40(35)32-20-22-42-25-39(32)45-37/h1-24,42H,25H2. The second-order valence-corrected chi connectivity index (χ2v) is 11.3. The van der Waals surface area contributed by atoms with Crippen molar-refractivity contribution in [1.82, 2.24) is 10.3 Å². The van der Waals surface area contributed by atoms with Crippen LogP contribution in [0.4, 0.5) is 17.1 Å². The summed E-state index contributed by atoms with van der Waals surface area (Å²) in [5, 5.41) is 6.46. The molecule has 5 nitrogen and oxygen atoms in total. The molecule has 0 unspecified atom stereocenters. The average molecular weight is 582 g/mol. The lowest BCUT2D eigenvalue weighted by atomic mass is 9.97. The number of rotatable bonds is 5. The van der Waals surface area contributed by atoms with Crippen molar-refractivity contribution in [3.63, 3.8) is 0 Å². The van der Waals surface area contributed by atoms with Crippen LogP contribution >= 0.6 is 0 Å². The normalized spacial score (nSPS) is 12.4. The SMILES string of the molecule is C1=Cc2c(oc3cccc(N(c4ccc5oc6cnccc6c5c4)c4ccccc4-c4ccc(-c5ccccc5)cc4)c23)CN1. The molecule has 3 aromatic heterocycles. The van der Waals surface area contributed by atoms with E-state index in [2.05, 4.69) is 130 Å². The van der Waals surface area contributed by atoms with Crippen LogP contribution in [0.1, 0.15) is 11.3 Å². The molecule has 9 rings (SSSR count). The molecule has 5 heteroatoms. The van der Waals surface area contributed by atoms with Gasteiger partial charge in [0, 0.05) is 33.8 Å². The van der Waals surface area contributed by atoms with E-state index < -0.39 is 0 Å². The summed E-state index contributed by atoms with van der Waals surface area (Å²) in [5.41, 5.74) is 11.4. The summed E-state index contributed by atoms with van der Waals surface area (Å²) in [4.78, 5) is 6.63. The lowest BCUT2D eigenvalue weighted by Crippen LogP contribution is -2.12. The van der Waals surface area contributed by atoms with E-state index in [1.807, 2.05) is 24.5 Å². The minimum absolute atomic E-state index is 0.658. The van der Waals surface area contributed by atoms with Crippen molar-refractivity contribution in [3.8, 4) is 22.3 Å². The second-order valence-electron chi connectivity index (χ2n) is 11.3. The Bertz CT molecular complexity index is 2380. The molecule has 0 spiro atoms. The van der Waals surface area contributed by atoms with Gasteiger partial charge < -0.3 is 19.1 Å². The van der Waals surface area contributed by atoms with E-state index in [0.717, 1.165) is 72.4 Å². The highest BCUT2D eigenvalue weighted by molar-refractivity contribution is 6.08. The number of anilines is 3. The summed E-state index contributed by atoms with van der Waals surface area (Å²) in [6.07, 6.45) is 7.70. The third-order valence-electron chi connectivity index (χ3n) is 8.64. The van der Waals surface area contributed by atoms with Gasteiger partial charge in [-0.1, -0.05) is 78.9 Å². The number of fused-ring (bicyclic) bond motifs is 6. The summed E-state index contributed by atoms with van der Waals surface area (Å²) in [6.45, 7) is 0.658. The van der Waals surface area contributed by atoms with Crippen LogP contribution in [-0.4, -0.2) is 4.98 Å². The second kappa shape index (κ2) is 10.3. The van der Waals surface area contributed by atoms with E-state index in [-0.39, 0.29) is 0 Å². The lowest BCUT2D eigenvalue weighted by molar-refractivity contribution is 0.532. The number of benzene rings is 5. The van der Waals surface area contributed by atoms with Crippen LogP contribution in [0, 0.1) is 0 Å².